The highest BCUT2D eigenvalue weighted by molar-refractivity contribution is 5.66. The minimum Gasteiger partial charge on any atom is -0.481 e. The Morgan fingerprint density at radius 1 is 1.00 bits per heavy atom. The van der Waals surface area contributed by atoms with Gasteiger partial charge in [0.2, 0.25) is 0 Å². The Labute approximate surface area is 129 Å². The van der Waals surface area contributed by atoms with Crippen LogP contribution in [0.15, 0.2) is 36.5 Å². The molecule has 0 aliphatic heterocycles. The number of carboxylic acid groups (broad SMARTS) is 1. The van der Waals surface area contributed by atoms with E-state index in [2.05, 4.69) is 31.2 Å². The molecule has 0 amide bonds. The molecule has 0 heterocycles. The maximum absolute atomic E-state index is 10.3. The molecule has 0 rings (SSSR count). The number of allylic oxidation sites excluding steroid dienone is 5. The largest absolute Gasteiger partial charge is 0.481 e. The quantitative estimate of drug-likeness (QED) is 0.384. The summed E-state index contributed by atoms with van der Waals surface area (Å²) in [5.41, 5.74) is 0. The Morgan fingerprint density at radius 2 is 1.67 bits per heavy atom. The summed E-state index contributed by atoms with van der Waals surface area (Å²) in [7, 11) is 0. The summed E-state index contributed by atoms with van der Waals surface area (Å²) >= 11 is 0. The number of unbranched alkanes of at least 4 members (excludes halogenated alkanes) is 3. The van der Waals surface area contributed by atoms with Crippen LogP contribution in [0.4, 0.5) is 0 Å². The van der Waals surface area contributed by atoms with Crippen molar-refractivity contribution in [2.75, 3.05) is 0 Å². The predicted molar refractivity (Wildman–Crippen MR) is 88.3 cm³/mol. The summed E-state index contributed by atoms with van der Waals surface area (Å²) in [5.74, 6) is -0.808. The van der Waals surface area contributed by atoms with Crippen molar-refractivity contribution >= 4 is 5.97 Å². The summed E-state index contributed by atoms with van der Waals surface area (Å²) in [4.78, 5) is 10.3. The number of aliphatic hydroxyl groups is 1. The average molecular weight is 294 g/mol. The van der Waals surface area contributed by atoms with Crippen molar-refractivity contribution < 1.29 is 15.0 Å². The molecule has 3 nitrogen and oxygen atoms in total. The SMILES string of the molecule is CCCCC/C=C\C/C=C\C/C=C\C(O)CCCC(=O)O. The summed E-state index contributed by atoms with van der Waals surface area (Å²) in [6, 6.07) is 0. The zero-order valence-electron chi connectivity index (χ0n) is 13.2. The van der Waals surface area contributed by atoms with Crippen molar-refractivity contribution in [1.29, 1.82) is 0 Å². The monoisotopic (exact) mass is 294 g/mol. The van der Waals surface area contributed by atoms with Crippen LogP contribution in [0.5, 0.6) is 0 Å². The number of carbonyl (C=O) groups is 1. The van der Waals surface area contributed by atoms with Crippen LogP contribution in [0.2, 0.25) is 0 Å². The second-order valence-corrected chi connectivity index (χ2v) is 5.19. The Morgan fingerprint density at radius 3 is 2.33 bits per heavy atom. The van der Waals surface area contributed by atoms with Gasteiger partial charge in [-0.1, -0.05) is 56.2 Å². The number of hydrogen-bond acceptors (Lipinski definition) is 2. The highest BCUT2D eigenvalue weighted by atomic mass is 16.4. The van der Waals surface area contributed by atoms with E-state index >= 15 is 0 Å². The van der Waals surface area contributed by atoms with E-state index < -0.39 is 12.1 Å². The van der Waals surface area contributed by atoms with Gasteiger partial charge in [-0.2, -0.15) is 0 Å². The van der Waals surface area contributed by atoms with E-state index in [0.717, 1.165) is 12.8 Å². The van der Waals surface area contributed by atoms with Crippen LogP contribution in [0.3, 0.4) is 0 Å². The van der Waals surface area contributed by atoms with E-state index in [9.17, 15) is 9.90 Å². The molecule has 0 aromatic heterocycles. The van der Waals surface area contributed by atoms with Crippen molar-refractivity contribution in [1.82, 2.24) is 0 Å². The van der Waals surface area contributed by atoms with E-state index in [4.69, 9.17) is 5.11 Å². The lowest BCUT2D eigenvalue weighted by Gasteiger charge is -2.02. The molecule has 0 bridgehead atoms. The van der Waals surface area contributed by atoms with Crippen molar-refractivity contribution in [3.63, 3.8) is 0 Å². The molecule has 0 aromatic rings. The molecular weight excluding hydrogens is 264 g/mol. The minimum absolute atomic E-state index is 0.120. The van der Waals surface area contributed by atoms with Gasteiger partial charge in [-0.05, 0) is 38.5 Å². The van der Waals surface area contributed by atoms with Crippen LogP contribution in [0.25, 0.3) is 0 Å². The molecule has 0 aromatic carbocycles. The molecule has 0 spiro atoms. The van der Waals surface area contributed by atoms with Crippen LogP contribution in [0.1, 0.15) is 64.7 Å². The van der Waals surface area contributed by atoms with Crippen LogP contribution in [-0.4, -0.2) is 22.3 Å². The van der Waals surface area contributed by atoms with E-state index in [-0.39, 0.29) is 6.42 Å². The highest BCUT2D eigenvalue weighted by Gasteiger charge is 2.01. The molecule has 1 unspecified atom stereocenters. The molecule has 21 heavy (non-hydrogen) atoms. The van der Waals surface area contributed by atoms with Crippen molar-refractivity contribution in [3.8, 4) is 0 Å². The minimum atomic E-state index is -0.808. The molecule has 1 atom stereocenters. The smallest absolute Gasteiger partial charge is 0.303 e. The van der Waals surface area contributed by atoms with E-state index in [0.29, 0.717) is 12.8 Å². The van der Waals surface area contributed by atoms with Crippen molar-refractivity contribution in [3.05, 3.63) is 36.5 Å². The van der Waals surface area contributed by atoms with Crippen molar-refractivity contribution in [2.24, 2.45) is 0 Å². The van der Waals surface area contributed by atoms with Crippen LogP contribution in [0, 0.1) is 0 Å². The zero-order chi connectivity index (χ0) is 15.8. The molecule has 0 saturated carbocycles. The van der Waals surface area contributed by atoms with Crippen molar-refractivity contribution in [2.45, 2.75) is 70.8 Å². The molecule has 0 aliphatic rings. The van der Waals surface area contributed by atoms with Gasteiger partial charge in [-0.25, -0.2) is 0 Å². The summed E-state index contributed by atoms with van der Waals surface area (Å²) in [6.07, 6.45) is 19.7. The Balaban J connectivity index is 3.52. The first kappa shape index (κ1) is 19.7. The van der Waals surface area contributed by atoms with Crippen LogP contribution >= 0.6 is 0 Å². The topological polar surface area (TPSA) is 57.5 Å². The molecule has 0 fully saturated rings. The maximum Gasteiger partial charge on any atom is 0.303 e. The van der Waals surface area contributed by atoms with Crippen LogP contribution in [-0.2, 0) is 4.79 Å². The molecule has 120 valence electrons. The Hall–Kier alpha value is -1.35. The maximum atomic E-state index is 10.3. The van der Waals surface area contributed by atoms with Gasteiger partial charge in [0.1, 0.15) is 0 Å². The molecule has 2 N–H and O–H groups in total. The zero-order valence-corrected chi connectivity index (χ0v) is 13.2. The summed E-state index contributed by atoms with van der Waals surface area (Å²) < 4.78 is 0. The molecule has 0 saturated heterocycles. The van der Waals surface area contributed by atoms with Gasteiger partial charge in [-0.15, -0.1) is 0 Å². The third-order valence-corrected chi connectivity index (χ3v) is 3.10. The third kappa shape index (κ3) is 16.6. The second kappa shape index (κ2) is 15.0. The van der Waals surface area contributed by atoms with Gasteiger partial charge in [0.05, 0.1) is 6.10 Å². The molecule has 0 radical (unpaired) electrons. The van der Waals surface area contributed by atoms with Gasteiger partial charge in [0, 0.05) is 6.42 Å². The number of aliphatic carboxylic acids is 1. The lowest BCUT2D eigenvalue weighted by molar-refractivity contribution is -0.137. The first-order valence-electron chi connectivity index (χ1n) is 8.03. The second-order valence-electron chi connectivity index (χ2n) is 5.19. The first-order valence-corrected chi connectivity index (χ1v) is 8.03. The van der Waals surface area contributed by atoms with Gasteiger partial charge < -0.3 is 10.2 Å². The lowest BCUT2D eigenvalue weighted by atomic mass is 10.1. The van der Waals surface area contributed by atoms with E-state index in [1.807, 2.05) is 6.08 Å². The molecular formula is C18H30O3. The summed E-state index contributed by atoms with van der Waals surface area (Å²) in [5, 5.41) is 18.1. The first-order chi connectivity index (χ1) is 10.2. The number of hydrogen-bond donors (Lipinski definition) is 2. The van der Waals surface area contributed by atoms with Gasteiger partial charge in [0.15, 0.2) is 0 Å². The van der Waals surface area contributed by atoms with Gasteiger partial charge in [-0.3, -0.25) is 4.79 Å². The van der Waals surface area contributed by atoms with E-state index in [1.54, 1.807) is 6.08 Å². The number of rotatable bonds is 13. The normalized spacial score (nSPS) is 13.6. The molecule has 3 heteroatoms. The lowest BCUT2D eigenvalue weighted by Crippen LogP contribution is -2.03. The molecule has 0 aliphatic carbocycles. The Kier molecular flexibility index (Phi) is 14.1. The third-order valence-electron chi connectivity index (χ3n) is 3.10. The van der Waals surface area contributed by atoms with E-state index in [1.165, 1.54) is 25.7 Å². The fourth-order valence-electron chi connectivity index (χ4n) is 1.87. The van der Waals surface area contributed by atoms with Gasteiger partial charge in [0.25, 0.3) is 0 Å². The standard InChI is InChI=1S/C18H30O3/c1-2-3-4-5-6-7-8-9-10-11-12-14-17(19)15-13-16-18(20)21/h6-7,9-10,12,14,17,19H,2-5,8,11,13,15-16H2,1H3,(H,20,21)/b7-6-,10-9-,14-12-. The predicted octanol–water partition coefficient (Wildman–Crippen LogP) is 4.63. The van der Waals surface area contributed by atoms with Gasteiger partial charge >= 0.3 is 5.97 Å². The number of aliphatic hydroxyl groups excluding tert-OH is 1. The summed E-state index contributed by atoms with van der Waals surface area (Å²) in [6.45, 7) is 2.21. The Bertz CT molecular complexity index is 329. The van der Waals surface area contributed by atoms with Crippen LogP contribution < -0.4 is 0 Å². The fraction of sp³-hybridized carbons (Fsp3) is 0.611. The fourth-order valence-corrected chi connectivity index (χ4v) is 1.87. The highest BCUT2D eigenvalue weighted by Crippen LogP contribution is 2.03. The number of carboxylic acids is 1. The average Bonchev–Trinajstić information content (AvgIpc) is 2.44.